The summed E-state index contributed by atoms with van der Waals surface area (Å²) in [6.07, 6.45) is 0. The molecule has 0 amide bonds. The Labute approximate surface area is 128 Å². The van der Waals surface area contributed by atoms with Crippen LogP contribution in [0.2, 0.25) is 5.02 Å². The van der Waals surface area contributed by atoms with Crippen LogP contribution in [0.3, 0.4) is 0 Å². The van der Waals surface area contributed by atoms with Crippen molar-refractivity contribution in [3.8, 4) is 16.9 Å². The van der Waals surface area contributed by atoms with E-state index in [-0.39, 0.29) is 22.1 Å². The molecule has 0 saturated heterocycles. The number of rotatable bonds is 3. The molecule has 110 valence electrons. The molecular formula is C14H9ClN4O3. The second kappa shape index (κ2) is 5.45. The number of hydrogen-bond donors (Lipinski definition) is 1. The summed E-state index contributed by atoms with van der Waals surface area (Å²) in [5.41, 5.74) is 0.102. The Kier molecular flexibility index (Phi) is 3.48. The van der Waals surface area contributed by atoms with E-state index in [1.165, 1.54) is 18.2 Å². The number of aromatic amines is 1. The van der Waals surface area contributed by atoms with E-state index in [0.717, 1.165) is 4.68 Å². The predicted octanol–water partition coefficient (Wildman–Crippen LogP) is 2.79. The maximum atomic E-state index is 12.5. The Morgan fingerprint density at radius 3 is 2.59 bits per heavy atom. The van der Waals surface area contributed by atoms with E-state index in [0.29, 0.717) is 5.56 Å². The highest BCUT2D eigenvalue weighted by Gasteiger charge is 2.20. The SMILES string of the molecule is O=c1c(-c2ccccc2)n[nH]n1-c1cc(Cl)ccc1[N+](=O)[O-]. The van der Waals surface area contributed by atoms with Crippen molar-refractivity contribution in [3.05, 3.63) is 74.0 Å². The minimum absolute atomic E-state index is 0.0391. The van der Waals surface area contributed by atoms with Crippen LogP contribution in [0.15, 0.2) is 53.3 Å². The Bertz CT molecular complexity index is 902. The normalized spacial score (nSPS) is 10.6. The Morgan fingerprint density at radius 1 is 1.18 bits per heavy atom. The topological polar surface area (TPSA) is 93.8 Å². The number of benzene rings is 2. The molecule has 0 spiro atoms. The lowest BCUT2D eigenvalue weighted by atomic mass is 10.2. The molecule has 0 fully saturated rings. The number of aromatic nitrogens is 3. The van der Waals surface area contributed by atoms with Gasteiger partial charge < -0.3 is 0 Å². The third-order valence-electron chi connectivity index (χ3n) is 3.09. The lowest BCUT2D eigenvalue weighted by Gasteiger charge is -2.02. The second-order valence-corrected chi connectivity index (χ2v) is 4.89. The Morgan fingerprint density at radius 2 is 1.91 bits per heavy atom. The van der Waals surface area contributed by atoms with Crippen molar-refractivity contribution >= 4 is 17.3 Å². The minimum atomic E-state index is -0.582. The first-order valence-corrected chi connectivity index (χ1v) is 6.63. The zero-order valence-corrected chi connectivity index (χ0v) is 11.8. The molecule has 0 atom stereocenters. The van der Waals surface area contributed by atoms with Crippen molar-refractivity contribution in [2.24, 2.45) is 0 Å². The van der Waals surface area contributed by atoms with E-state index in [1.54, 1.807) is 24.3 Å². The highest BCUT2D eigenvalue weighted by atomic mass is 35.5. The average molecular weight is 317 g/mol. The van der Waals surface area contributed by atoms with Gasteiger partial charge in [-0.05, 0) is 12.1 Å². The Hall–Kier alpha value is -2.93. The van der Waals surface area contributed by atoms with Crippen LogP contribution >= 0.6 is 11.6 Å². The molecule has 1 N–H and O–H groups in total. The van der Waals surface area contributed by atoms with Gasteiger partial charge in [0.2, 0.25) is 0 Å². The summed E-state index contributed by atoms with van der Waals surface area (Å²) in [7, 11) is 0. The lowest BCUT2D eigenvalue weighted by molar-refractivity contribution is -0.384. The number of nitro groups is 1. The molecule has 0 aliphatic rings. The highest BCUT2D eigenvalue weighted by Crippen LogP contribution is 2.25. The number of hydrogen-bond acceptors (Lipinski definition) is 4. The number of nitrogens with one attached hydrogen (secondary N) is 1. The van der Waals surface area contributed by atoms with Crippen molar-refractivity contribution < 1.29 is 4.92 Å². The summed E-state index contributed by atoms with van der Waals surface area (Å²) < 4.78 is 1.01. The monoisotopic (exact) mass is 316 g/mol. The molecular weight excluding hydrogens is 308 g/mol. The van der Waals surface area contributed by atoms with Crippen LogP contribution in [-0.2, 0) is 0 Å². The summed E-state index contributed by atoms with van der Waals surface area (Å²) in [5, 5.41) is 17.8. The van der Waals surface area contributed by atoms with Crippen molar-refractivity contribution in [1.82, 2.24) is 15.0 Å². The van der Waals surface area contributed by atoms with Crippen LogP contribution < -0.4 is 5.56 Å². The lowest BCUT2D eigenvalue weighted by Crippen LogP contribution is -2.17. The van der Waals surface area contributed by atoms with E-state index in [4.69, 9.17) is 11.6 Å². The van der Waals surface area contributed by atoms with E-state index in [1.807, 2.05) is 6.07 Å². The predicted molar refractivity (Wildman–Crippen MR) is 81.3 cm³/mol. The fraction of sp³-hybridized carbons (Fsp3) is 0. The molecule has 2 aromatic carbocycles. The maximum Gasteiger partial charge on any atom is 0.299 e. The molecule has 3 aromatic rings. The van der Waals surface area contributed by atoms with Gasteiger partial charge >= 0.3 is 0 Å². The van der Waals surface area contributed by atoms with E-state index in [9.17, 15) is 14.9 Å². The number of H-pyrrole nitrogens is 1. The van der Waals surface area contributed by atoms with Gasteiger partial charge in [-0.3, -0.25) is 14.9 Å². The van der Waals surface area contributed by atoms with Crippen LogP contribution in [-0.4, -0.2) is 19.9 Å². The smallest absolute Gasteiger partial charge is 0.265 e. The summed E-state index contributed by atoms with van der Waals surface area (Å²) in [6, 6.07) is 12.8. The fourth-order valence-corrected chi connectivity index (χ4v) is 2.24. The molecule has 1 heterocycles. The van der Waals surface area contributed by atoms with E-state index in [2.05, 4.69) is 10.3 Å². The minimum Gasteiger partial charge on any atom is -0.265 e. The fourth-order valence-electron chi connectivity index (χ4n) is 2.08. The highest BCUT2D eigenvalue weighted by molar-refractivity contribution is 6.30. The van der Waals surface area contributed by atoms with Crippen LogP contribution in [0.1, 0.15) is 0 Å². The van der Waals surface area contributed by atoms with Crippen molar-refractivity contribution in [1.29, 1.82) is 0 Å². The molecule has 8 heteroatoms. The van der Waals surface area contributed by atoms with Crippen molar-refractivity contribution in [3.63, 3.8) is 0 Å². The van der Waals surface area contributed by atoms with Gasteiger partial charge in [0.05, 0.1) is 4.92 Å². The Balaban J connectivity index is 2.20. The maximum absolute atomic E-state index is 12.5. The molecule has 3 rings (SSSR count). The molecule has 1 aromatic heterocycles. The van der Waals surface area contributed by atoms with Crippen molar-refractivity contribution in [2.75, 3.05) is 0 Å². The van der Waals surface area contributed by atoms with Crippen LogP contribution in [0, 0.1) is 10.1 Å². The summed E-state index contributed by atoms with van der Waals surface area (Å²) in [4.78, 5) is 23.0. The second-order valence-electron chi connectivity index (χ2n) is 4.46. The number of nitro benzene ring substituents is 1. The van der Waals surface area contributed by atoms with Crippen LogP contribution in [0.25, 0.3) is 16.9 Å². The zero-order chi connectivity index (χ0) is 15.7. The average Bonchev–Trinajstić information content (AvgIpc) is 2.89. The summed E-state index contributed by atoms with van der Waals surface area (Å²) >= 11 is 5.88. The third kappa shape index (κ3) is 2.38. The van der Waals surface area contributed by atoms with Gasteiger partial charge in [-0.1, -0.05) is 41.9 Å². The standard InChI is InChI=1S/C14H9ClN4O3/c15-10-6-7-11(19(21)22)12(8-10)18-14(20)13(16-17-18)9-4-2-1-3-5-9/h1-8,17H. The molecule has 0 aliphatic heterocycles. The van der Waals surface area contributed by atoms with Gasteiger partial charge in [-0.15, -0.1) is 0 Å². The van der Waals surface area contributed by atoms with E-state index < -0.39 is 10.5 Å². The van der Waals surface area contributed by atoms with Gasteiger partial charge in [0.25, 0.3) is 11.2 Å². The first-order chi connectivity index (χ1) is 10.6. The molecule has 0 bridgehead atoms. The van der Waals surface area contributed by atoms with Crippen LogP contribution in [0.5, 0.6) is 0 Å². The molecule has 0 unspecified atom stereocenters. The number of halogens is 1. The van der Waals surface area contributed by atoms with E-state index >= 15 is 0 Å². The van der Waals surface area contributed by atoms with Crippen LogP contribution in [0.4, 0.5) is 5.69 Å². The molecule has 22 heavy (non-hydrogen) atoms. The molecule has 7 nitrogen and oxygen atoms in total. The van der Waals surface area contributed by atoms with Gasteiger partial charge in [0, 0.05) is 16.7 Å². The van der Waals surface area contributed by atoms with Gasteiger partial charge in [0.15, 0.2) is 5.69 Å². The largest absolute Gasteiger partial charge is 0.299 e. The quantitative estimate of drug-likeness (QED) is 0.594. The first kappa shape index (κ1) is 14.0. The molecule has 0 radical (unpaired) electrons. The first-order valence-electron chi connectivity index (χ1n) is 6.25. The summed E-state index contributed by atoms with van der Waals surface area (Å²) in [6.45, 7) is 0. The van der Waals surface area contributed by atoms with Crippen molar-refractivity contribution in [2.45, 2.75) is 0 Å². The third-order valence-corrected chi connectivity index (χ3v) is 3.32. The number of nitrogens with zero attached hydrogens (tertiary/aromatic N) is 3. The summed E-state index contributed by atoms with van der Waals surface area (Å²) in [5.74, 6) is 0. The van der Waals surface area contributed by atoms with Gasteiger partial charge in [0.1, 0.15) is 5.69 Å². The molecule has 0 aliphatic carbocycles. The molecule has 0 saturated carbocycles. The zero-order valence-electron chi connectivity index (χ0n) is 11.1. The van der Waals surface area contributed by atoms with Gasteiger partial charge in [-0.25, -0.2) is 5.21 Å². The van der Waals surface area contributed by atoms with Gasteiger partial charge in [-0.2, -0.15) is 9.78 Å².